The third-order valence-electron chi connectivity index (χ3n) is 4.69. The Hall–Kier alpha value is -0.610. The largest absolute Gasteiger partial charge is 0.340 e. The van der Waals surface area contributed by atoms with Crippen molar-refractivity contribution in [3.8, 4) is 0 Å². The normalized spacial score (nSPS) is 26.3. The minimum atomic E-state index is 0.125. The molecule has 1 N–H and O–H groups in total. The van der Waals surface area contributed by atoms with E-state index in [0.29, 0.717) is 17.9 Å². The van der Waals surface area contributed by atoms with Gasteiger partial charge in [-0.15, -0.1) is 0 Å². The predicted molar refractivity (Wildman–Crippen MR) is 78.0 cm³/mol. The minimum Gasteiger partial charge on any atom is -0.340 e. The molecule has 2 heterocycles. The van der Waals surface area contributed by atoms with Crippen molar-refractivity contribution in [3.63, 3.8) is 0 Å². The summed E-state index contributed by atoms with van der Waals surface area (Å²) < 4.78 is 0. The highest BCUT2D eigenvalue weighted by Crippen LogP contribution is 2.23. The van der Waals surface area contributed by atoms with Crippen molar-refractivity contribution in [1.29, 1.82) is 0 Å². The lowest BCUT2D eigenvalue weighted by Crippen LogP contribution is -2.57. The maximum atomic E-state index is 12.7. The second-order valence-corrected chi connectivity index (χ2v) is 6.38. The van der Waals surface area contributed by atoms with Gasteiger partial charge in [-0.3, -0.25) is 9.69 Å². The number of carbonyl (C=O) groups excluding carboxylic acids is 1. The molecule has 0 aromatic rings. The van der Waals surface area contributed by atoms with E-state index >= 15 is 0 Å². The van der Waals surface area contributed by atoms with Crippen LogP contribution in [-0.4, -0.2) is 61.5 Å². The summed E-state index contributed by atoms with van der Waals surface area (Å²) in [7, 11) is 1.93. The summed E-state index contributed by atoms with van der Waals surface area (Å²) in [5, 5.41) is 3.17. The second-order valence-electron chi connectivity index (χ2n) is 6.38. The van der Waals surface area contributed by atoms with Crippen molar-refractivity contribution in [2.75, 3.05) is 39.8 Å². The van der Waals surface area contributed by atoms with Gasteiger partial charge in [0.25, 0.3) is 0 Å². The van der Waals surface area contributed by atoms with E-state index in [2.05, 4.69) is 29.0 Å². The summed E-state index contributed by atoms with van der Waals surface area (Å²) >= 11 is 0. The number of rotatable bonds is 4. The van der Waals surface area contributed by atoms with E-state index in [1.54, 1.807) is 0 Å². The molecule has 4 nitrogen and oxygen atoms in total. The zero-order valence-electron chi connectivity index (χ0n) is 12.7. The van der Waals surface area contributed by atoms with E-state index in [4.69, 9.17) is 0 Å². The maximum Gasteiger partial charge on any atom is 0.227 e. The van der Waals surface area contributed by atoms with Crippen molar-refractivity contribution >= 4 is 5.91 Å². The first-order valence-electron chi connectivity index (χ1n) is 7.81. The molecule has 2 aliphatic heterocycles. The fourth-order valence-electron chi connectivity index (χ4n) is 3.42. The van der Waals surface area contributed by atoms with Crippen molar-refractivity contribution in [2.24, 2.45) is 11.8 Å². The highest BCUT2D eigenvalue weighted by atomic mass is 16.2. The molecule has 19 heavy (non-hydrogen) atoms. The molecule has 2 unspecified atom stereocenters. The van der Waals surface area contributed by atoms with Crippen LogP contribution in [0, 0.1) is 11.8 Å². The average molecular weight is 267 g/mol. The summed E-state index contributed by atoms with van der Waals surface area (Å²) in [5.74, 6) is 0.888. The molecule has 0 aliphatic carbocycles. The van der Waals surface area contributed by atoms with Gasteiger partial charge in [-0.1, -0.05) is 20.3 Å². The van der Waals surface area contributed by atoms with Crippen LogP contribution in [0.4, 0.5) is 0 Å². The number of piperidine rings is 1. The highest BCUT2D eigenvalue weighted by molar-refractivity contribution is 5.79. The molecule has 2 fully saturated rings. The fourth-order valence-corrected chi connectivity index (χ4v) is 3.42. The van der Waals surface area contributed by atoms with Gasteiger partial charge < -0.3 is 10.2 Å². The Bertz CT molecular complexity index is 306. The first-order chi connectivity index (χ1) is 9.13. The van der Waals surface area contributed by atoms with Gasteiger partial charge in [0.1, 0.15) is 0 Å². The van der Waals surface area contributed by atoms with Crippen LogP contribution in [0.15, 0.2) is 0 Å². The van der Waals surface area contributed by atoms with E-state index in [1.807, 2.05) is 7.05 Å². The monoisotopic (exact) mass is 267 g/mol. The molecule has 0 bridgehead atoms. The molecule has 1 amide bonds. The van der Waals surface area contributed by atoms with Crippen LogP contribution in [0.2, 0.25) is 0 Å². The molecule has 4 heteroatoms. The van der Waals surface area contributed by atoms with Crippen molar-refractivity contribution < 1.29 is 4.79 Å². The van der Waals surface area contributed by atoms with Gasteiger partial charge in [-0.2, -0.15) is 0 Å². The van der Waals surface area contributed by atoms with Crippen LogP contribution in [0.1, 0.15) is 33.1 Å². The number of hydrogen-bond acceptors (Lipinski definition) is 3. The van der Waals surface area contributed by atoms with Crippen molar-refractivity contribution in [3.05, 3.63) is 0 Å². The number of amides is 1. The van der Waals surface area contributed by atoms with Crippen molar-refractivity contribution in [2.45, 2.75) is 39.2 Å². The first-order valence-corrected chi connectivity index (χ1v) is 7.81. The zero-order valence-corrected chi connectivity index (χ0v) is 12.7. The van der Waals surface area contributed by atoms with Crippen LogP contribution in [-0.2, 0) is 4.79 Å². The van der Waals surface area contributed by atoms with E-state index in [-0.39, 0.29) is 5.92 Å². The Balaban J connectivity index is 1.95. The molecule has 0 radical (unpaired) electrons. The Morgan fingerprint density at radius 2 is 2.05 bits per heavy atom. The molecule has 2 saturated heterocycles. The van der Waals surface area contributed by atoms with Gasteiger partial charge in [-0.25, -0.2) is 0 Å². The first kappa shape index (κ1) is 14.8. The Morgan fingerprint density at radius 1 is 1.26 bits per heavy atom. The molecule has 0 aromatic carbocycles. The van der Waals surface area contributed by atoms with E-state index in [9.17, 15) is 4.79 Å². The van der Waals surface area contributed by atoms with Gasteiger partial charge in [-0.05, 0) is 32.4 Å². The van der Waals surface area contributed by atoms with Gasteiger partial charge in [0, 0.05) is 32.2 Å². The number of carbonyl (C=O) groups is 1. The van der Waals surface area contributed by atoms with Crippen LogP contribution >= 0.6 is 0 Å². The second kappa shape index (κ2) is 6.71. The van der Waals surface area contributed by atoms with Crippen LogP contribution in [0.3, 0.4) is 0 Å². The number of fused-ring (bicyclic) bond motifs is 1. The summed E-state index contributed by atoms with van der Waals surface area (Å²) in [6, 6.07) is 0.619. The lowest BCUT2D eigenvalue weighted by molar-refractivity contribution is -0.140. The smallest absolute Gasteiger partial charge is 0.227 e. The standard InChI is InChI=1S/C15H29N3O/c1-12(2)14(10-16-3)15(19)18-9-8-17-7-5-4-6-13(17)11-18/h12-14,16H,4-11H2,1-3H3. The Morgan fingerprint density at radius 3 is 2.74 bits per heavy atom. The third kappa shape index (κ3) is 3.48. The molecule has 2 aliphatic rings. The van der Waals surface area contributed by atoms with E-state index in [0.717, 1.165) is 26.2 Å². The van der Waals surface area contributed by atoms with Crippen LogP contribution in [0.25, 0.3) is 0 Å². The summed E-state index contributed by atoms with van der Waals surface area (Å²) in [5.41, 5.74) is 0. The summed E-state index contributed by atoms with van der Waals surface area (Å²) in [6.07, 6.45) is 3.92. The van der Waals surface area contributed by atoms with Crippen LogP contribution in [0.5, 0.6) is 0 Å². The molecule has 0 spiro atoms. The van der Waals surface area contributed by atoms with Crippen molar-refractivity contribution in [1.82, 2.24) is 15.1 Å². The lowest BCUT2D eigenvalue weighted by atomic mass is 9.92. The molecular weight excluding hydrogens is 238 g/mol. The van der Waals surface area contributed by atoms with Gasteiger partial charge >= 0.3 is 0 Å². The van der Waals surface area contributed by atoms with Gasteiger partial charge in [0.05, 0.1) is 5.92 Å². The van der Waals surface area contributed by atoms with E-state index < -0.39 is 0 Å². The molecule has 2 rings (SSSR count). The number of piperazine rings is 1. The maximum absolute atomic E-state index is 12.7. The molecule has 2 atom stereocenters. The fraction of sp³-hybridized carbons (Fsp3) is 0.933. The van der Waals surface area contributed by atoms with Gasteiger partial charge in [0.2, 0.25) is 5.91 Å². The number of nitrogens with one attached hydrogen (secondary N) is 1. The SMILES string of the molecule is CNCC(C(=O)N1CCN2CCCCC2C1)C(C)C. The minimum absolute atomic E-state index is 0.125. The Kier molecular flexibility index (Phi) is 5.22. The number of hydrogen-bond donors (Lipinski definition) is 1. The lowest BCUT2D eigenvalue weighted by Gasteiger charge is -2.45. The molecule has 0 saturated carbocycles. The van der Waals surface area contributed by atoms with Crippen LogP contribution < -0.4 is 5.32 Å². The third-order valence-corrected chi connectivity index (χ3v) is 4.69. The topological polar surface area (TPSA) is 35.6 Å². The molecule has 0 aromatic heterocycles. The quantitative estimate of drug-likeness (QED) is 0.831. The average Bonchev–Trinajstić information content (AvgIpc) is 2.43. The molecular formula is C15H29N3O. The zero-order chi connectivity index (χ0) is 13.8. The molecule has 110 valence electrons. The number of nitrogens with zero attached hydrogens (tertiary/aromatic N) is 2. The van der Waals surface area contributed by atoms with Gasteiger partial charge in [0.15, 0.2) is 0 Å². The Labute approximate surface area is 117 Å². The summed E-state index contributed by atoms with van der Waals surface area (Å²) in [6.45, 7) is 9.26. The van der Waals surface area contributed by atoms with E-state index in [1.165, 1.54) is 25.8 Å². The highest BCUT2D eigenvalue weighted by Gasteiger charge is 2.34. The summed E-state index contributed by atoms with van der Waals surface area (Å²) in [4.78, 5) is 17.4. The predicted octanol–water partition coefficient (Wildman–Crippen LogP) is 1.17.